The second kappa shape index (κ2) is 10.7. The predicted molar refractivity (Wildman–Crippen MR) is 119 cm³/mol. The van der Waals surface area contributed by atoms with Gasteiger partial charge >= 0.3 is 0 Å². The van der Waals surface area contributed by atoms with Crippen LogP contribution < -0.4 is 20.1 Å². The minimum atomic E-state index is 0.187. The van der Waals surface area contributed by atoms with Crippen LogP contribution >= 0.6 is 0 Å². The molecule has 1 heterocycles. The quantitative estimate of drug-likeness (QED) is 0.457. The van der Waals surface area contributed by atoms with Crippen molar-refractivity contribution in [1.29, 1.82) is 0 Å². The van der Waals surface area contributed by atoms with E-state index in [9.17, 15) is 5.11 Å². The lowest BCUT2D eigenvalue weighted by Crippen LogP contribution is -2.42. The molecular formula is C23H32N4O3. The van der Waals surface area contributed by atoms with Gasteiger partial charge in [-0.2, -0.15) is 0 Å². The highest BCUT2D eigenvalue weighted by Gasteiger charge is 2.26. The molecule has 1 aliphatic heterocycles. The van der Waals surface area contributed by atoms with Crippen molar-refractivity contribution in [2.24, 2.45) is 4.99 Å². The molecule has 0 spiro atoms. The van der Waals surface area contributed by atoms with Gasteiger partial charge in [0.05, 0.1) is 20.3 Å². The highest BCUT2D eigenvalue weighted by Crippen LogP contribution is 2.31. The monoisotopic (exact) mass is 412 g/mol. The Labute approximate surface area is 178 Å². The van der Waals surface area contributed by atoms with Gasteiger partial charge in [-0.25, -0.2) is 0 Å². The van der Waals surface area contributed by atoms with E-state index in [0.29, 0.717) is 24.8 Å². The number of guanidine groups is 1. The van der Waals surface area contributed by atoms with E-state index in [1.807, 2.05) is 18.2 Å². The molecule has 7 nitrogen and oxygen atoms in total. The molecule has 3 rings (SSSR count). The fourth-order valence-corrected chi connectivity index (χ4v) is 3.85. The number of aliphatic imine (C=N–C) groups is 1. The lowest BCUT2D eigenvalue weighted by Gasteiger charge is -2.30. The minimum Gasteiger partial charge on any atom is -0.508 e. The van der Waals surface area contributed by atoms with E-state index in [1.165, 1.54) is 18.4 Å². The number of ether oxygens (including phenoxy) is 2. The maximum absolute atomic E-state index is 10.1. The van der Waals surface area contributed by atoms with E-state index in [2.05, 4.69) is 32.7 Å². The second-order valence-corrected chi connectivity index (χ2v) is 7.30. The van der Waals surface area contributed by atoms with E-state index in [-0.39, 0.29) is 11.8 Å². The van der Waals surface area contributed by atoms with Gasteiger partial charge in [0.25, 0.3) is 0 Å². The summed E-state index contributed by atoms with van der Waals surface area (Å²) in [5.74, 6) is 2.51. The van der Waals surface area contributed by atoms with E-state index in [4.69, 9.17) is 9.47 Å². The van der Waals surface area contributed by atoms with Crippen molar-refractivity contribution in [1.82, 2.24) is 15.5 Å². The number of hydrogen-bond acceptors (Lipinski definition) is 5. The predicted octanol–water partition coefficient (Wildman–Crippen LogP) is 2.91. The van der Waals surface area contributed by atoms with Crippen LogP contribution in [0.3, 0.4) is 0 Å². The molecule has 7 heteroatoms. The number of nitrogens with one attached hydrogen (secondary N) is 2. The van der Waals surface area contributed by atoms with Crippen LogP contribution in [0.5, 0.6) is 17.2 Å². The maximum Gasteiger partial charge on any atom is 0.191 e. The number of rotatable bonds is 8. The molecule has 0 amide bonds. The minimum absolute atomic E-state index is 0.187. The summed E-state index contributed by atoms with van der Waals surface area (Å²) in [6.45, 7) is 3.29. The van der Waals surface area contributed by atoms with Crippen molar-refractivity contribution in [3.05, 3.63) is 53.6 Å². The molecule has 1 atom stereocenters. The lowest BCUT2D eigenvalue weighted by molar-refractivity contribution is 0.239. The number of likely N-dealkylation sites (tertiary alicyclic amines) is 1. The largest absolute Gasteiger partial charge is 0.508 e. The summed E-state index contributed by atoms with van der Waals surface area (Å²) in [4.78, 5) is 6.83. The van der Waals surface area contributed by atoms with Crippen LogP contribution in [0.25, 0.3) is 0 Å². The van der Waals surface area contributed by atoms with Crippen molar-refractivity contribution >= 4 is 5.96 Å². The Balaban J connectivity index is 1.68. The topological polar surface area (TPSA) is 78.4 Å². The van der Waals surface area contributed by atoms with Crippen molar-refractivity contribution in [2.75, 3.05) is 40.9 Å². The third-order valence-electron chi connectivity index (χ3n) is 5.50. The highest BCUT2D eigenvalue weighted by molar-refractivity contribution is 5.79. The number of aromatic hydroxyl groups is 1. The second-order valence-electron chi connectivity index (χ2n) is 7.30. The molecule has 1 aliphatic rings. The van der Waals surface area contributed by atoms with E-state index in [0.717, 1.165) is 24.4 Å². The number of nitrogens with zero attached hydrogens (tertiary/aromatic N) is 2. The number of phenolic OH excluding ortho intramolecular Hbond substituents is 1. The molecular weight excluding hydrogens is 380 g/mol. The Morgan fingerprint density at radius 1 is 1.10 bits per heavy atom. The summed E-state index contributed by atoms with van der Waals surface area (Å²) in [5.41, 5.74) is 1.92. The standard InChI is InChI=1S/C23H32N4O3/c1-24-23(25-15-17-14-18(29-2)10-11-21(17)28)26-16-20(27-12-6-7-13-27)19-8-4-5-9-22(19)30-3/h4-5,8-11,14,20,28H,6-7,12-13,15-16H2,1-3H3,(H2,24,25,26). The smallest absolute Gasteiger partial charge is 0.191 e. The first-order chi connectivity index (χ1) is 14.7. The zero-order valence-electron chi connectivity index (χ0n) is 18.0. The Morgan fingerprint density at radius 2 is 1.87 bits per heavy atom. The van der Waals surface area contributed by atoms with Crippen LogP contribution in [-0.2, 0) is 6.54 Å². The van der Waals surface area contributed by atoms with Gasteiger partial charge in [-0.05, 0) is 50.2 Å². The average Bonchev–Trinajstić information content (AvgIpc) is 3.32. The molecule has 0 aliphatic carbocycles. The first-order valence-electron chi connectivity index (χ1n) is 10.3. The third kappa shape index (κ3) is 5.36. The zero-order valence-corrected chi connectivity index (χ0v) is 18.0. The Morgan fingerprint density at radius 3 is 2.57 bits per heavy atom. The van der Waals surface area contributed by atoms with Crippen molar-refractivity contribution in [3.8, 4) is 17.2 Å². The molecule has 3 N–H and O–H groups in total. The highest BCUT2D eigenvalue weighted by atomic mass is 16.5. The molecule has 162 valence electrons. The van der Waals surface area contributed by atoms with Gasteiger partial charge in [0.15, 0.2) is 5.96 Å². The van der Waals surface area contributed by atoms with E-state index >= 15 is 0 Å². The first-order valence-corrected chi connectivity index (χ1v) is 10.3. The normalized spacial score (nSPS) is 15.6. The Bertz CT molecular complexity index is 850. The van der Waals surface area contributed by atoms with Crippen LogP contribution in [0, 0.1) is 0 Å². The molecule has 2 aromatic rings. The molecule has 2 aromatic carbocycles. The Hall–Kier alpha value is -2.93. The summed E-state index contributed by atoms with van der Waals surface area (Å²) >= 11 is 0. The summed E-state index contributed by atoms with van der Waals surface area (Å²) in [6.07, 6.45) is 2.43. The van der Waals surface area contributed by atoms with Crippen LogP contribution in [-0.4, -0.2) is 56.9 Å². The Kier molecular flexibility index (Phi) is 7.79. The molecule has 30 heavy (non-hydrogen) atoms. The number of hydrogen-bond donors (Lipinski definition) is 3. The van der Waals surface area contributed by atoms with Gasteiger partial charge in [-0.3, -0.25) is 9.89 Å². The molecule has 0 saturated carbocycles. The summed E-state index contributed by atoms with van der Waals surface area (Å²) in [5, 5.41) is 16.8. The summed E-state index contributed by atoms with van der Waals surface area (Å²) in [7, 11) is 5.07. The van der Waals surface area contributed by atoms with Crippen LogP contribution in [0.1, 0.15) is 30.0 Å². The molecule has 0 bridgehead atoms. The average molecular weight is 413 g/mol. The van der Waals surface area contributed by atoms with E-state index in [1.54, 1.807) is 33.4 Å². The van der Waals surface area contributed by atoms with Crippen LogP contribution in [0.2, 0.25) is 0 Å². The van der Waals surface area contributed by atoms with Crippen molar-refractivity contribution in [2.45, 2.75) is 25.4 Å². The lowest BCUT2D eigenvalue weighted by atomic mass is 10.0. The SMILES string of the molecule is CN=C(NCc1cc(OC)ccc1O)NCC(c1ccccc1OC)N1CCCC1. The number of para-hydroxylation sites is 1. The molecule has 0 radical (unpaired) electrons. The van der Waals surface area contributed by atoms with Gasteiger partial charge in [0.2, 0.25) is 0 Å². The van der Waals surface area contributed by atoms with Gasteiger partial charge in [0.1, 0.15) is 17.2 Å². The van der Waals surface area contributed by atoms with Gasteiger partial charge < -0.3 is 25.2 Å². The number of methoxy groups -OCH3 is 2. The fourth-order valence-electron chi connectivity index (χ4n) is 3.85. The number of benzene rings is 2. The third-order valence-corrected chi connectivity index (χ3v) is 5.50. The van der Waals surface area contributed by atoms with Crippen LogP contribution in [0.4, 0.5) is 0 Å². The van der Waals surface area contributed by atoms with Crippen molar-refractivity contribution in [3.63, 3.8) is 0 Å². The van der Waals surface area contributed by atoms with Gasteiger partial charge in [-0.15, -0.1) is 0 Å². The van der Waals surface area contributed by atoms with Crippen molar-refractivity contribution < 1.29 is 14.6 Å². The van der Waals surface area contributed by atoms with Crippen LogP contribution in [0.15, 0.2) is 47.5 Å². The molecule has 1 saturated heterocycles. The molecule has 1 fully saturated rings. The maximum atomic E-state index is 10.1. The fraction of sp³-hybridized carbons (Fsp3) is 0.435. The molecule has 0 aromatic heterocycles. The van der Waals surface area contributed by atoms with Gasteiger partial charge in [-0.1, -0.05) is 18.2 Å². The van der Waals surface area contributed by atoms with E-state index < -0.39 is 0 Å². The number of phenols is 1. The first kappa shape index (κ1) is 21.8. The summed E-state index contributed by atoms with van der Waals surface area (Å²) in [6, 6.07) is 13.6. The molecule has 1 unspecified atom stereocenters. The summed E-state index contributed by atoms with van der Waals surface area (Å²) < 4.78 is 10.9. The van der Waals surface area contributed by atoms with Gasteiger partial charge in [0, 0.05) is 31.3 Å². The zero-order chi connectivity index (χ0) is 21.3.